The van der Waals surface area contributed by atoms with E-state index in [9.17, 15) is 14.4 Å². The predicted molar refractivity (Wildman–Crippen MR) is 70.8 cm³/mol. The summed E-state index contributed by atoms with van der Waals surface area (Å²) >= 11 is 0. The molecule has 4 rings (SSSR count). The Hall–Kier alpha value is -2.21. The van der Waals surface area contributed by atoms with Gasteiger partial charge in [0.2, 0.25) is 11.8 Å². The molecule has 6 heteroatoms. The first kappa shape index (κ1) is 12.5. The van der Waals surface area contributed by atoms with Gasteiger partial charge in [0.05, 0.1) is 35.3 Å². The predicted octanol–water partition coefficient (Wildman–Crippen LogP) is 1.05. The van der Waals surface area contributed by atoms with E-state index < -0.39 is 5.97 Å². The summed E-state index contributed by atoms with van der Waals surface area (Å²) < 4.78 is 5.67. The number of ether oxygens (including phenoxy) is 1. The van der Waals surface area contributed by atoms with Crippen LogP contribution in [0, 0.1) is 11.8 Å². The van der Waals surface area contributed by atoms with E-state index in [0.29, 0.717) is 5.69 Å². The zero-order chi connectivity index (χ0) is 14.7. The summed E-state index contributed by atoms with van der Waals surface area (Å²) in [6.45, 7) is 0. The lowest BCUT2D eigenvalue weighted by Gasteiger charge is -2.17. The Kier molecular flexibility index (Phi) is 2.47. The highest BCUT2D eigenvalue weighted by Crippen LogP contribution is 2.49. The molecule has 108 valence electrons. The number of nitrogens with zero attached hydrogens (tertiary/aromatic N) is 1. The number of aromatic carboxylic acids is 1. The van der Waals surface area contributed by atoms with Gasteiger partial charge in [0.25, 0.3) is 0 Å². The van der Waals surface area contributed by atoms with Gasteiger partial charge in [-0.15, -0.1) is 0 Å². The highest BCUT2D eigenvalue weighted by molar-refractivity contribution is 6.22. The SMILES string of the molecule is O=C(O)c1ccc(N2C(=O)[C@@H]3[C@H](C2=O)[C@@H]2CC[C@@H]3O2)cc1. The molecule has 1 aromatic carbocycles. The molecule has 3 aliphatic heterocycles. The van der Waals surface area contributed by atoms with Gasteiger partial charge in [0.1, 0.15) is 0 Å². The number of carboxylic acid groups (broad SMARTS) is 1. The van der Waals surface area contributed by atoms with Crippen molar-refractivity contribution in [2.24, 2.45) is 11.8 Å². The minimum atomic E-state index is -1.04. The third kappa shape index (κ3) is 1.59. The fraction of sp³-hybridized carbons (Fsp3) is 0.400. The summed E-state index contributed by atoms with van der Waals surface area (Å²) in [5, 5.41) is 8.89. The van der Waals surface area contributed by atoms with E-state index in [4.69, 9.17) is 9.84 Å². The van der Waals surface area contributed by atoms with Gasteiger partial charge < -0.3 is 9.84 Å². The third-order valence-corrected chi connectivity index (χ3v) is 4.66. The van der Waals surface area contributed by atoms with Crippen LogP contribution in [0.15, 0.2) is 24.3 Å². The van der Waals surface area contributed by atoms with Gasteiger partial charge in [-0.1, -0.05) is 0 Å². The minimum absolute atomic E-state index is 0.126. The van der Waals surface area contributed by atoms with Crippen LogP contribution < -0.4 is 4.90 Å². The zero-order valence-electron chi connectivity index (χ0n) is 11.1. The molecule has 0 unspecified atom stereocenters. The molecule has 3 saturated heterocycles. The lowest BCUT2D eigenvalue weighted by Crippen LogP contribution is -2.34. The molecule has 0 aromatic heterocycles. The fourth-order valence-corrected chi connectivity index (χ4v) is 3.72. The maximum Gasteiger partial charge on any atom is 0.335 e. The maximum atomic E-state index is 12.5. The molecule has 1 aromatic rings. The van der Waals surface area contributed by atoms with Crippen LogP contribution in [0.2, 0.25) is 0 Å². The van der Waals surface area contributed by atoms with Gasteiger partial charge in [-0.05, 0) is 37.1 Å². The first-order chi connectivity index (χ1) is 10.1. The average molecular weight is 287 g/mol. The van der Waals surface area contributed by atoms with Crippen molar-refractivity contribution in [2.75, 3.05) is 4.90 Å². The summed E-state index contributed by atoms with van der Waals surface area (Å²) in [7, 11) is 0. The van der Waals surface area contributed by atoms with Crippen LogP contribution >= 0.6 is 0 Å². The number of hydrogen-bond acceptors (Lipinski definition) is 4. The molecule has 0 radical (unpaired) electrons. The second-order valence-electron chi connectivity index (χ2n) is 5.71. The van der Waals surface area contributed by atoms with E-state index >= 15 is 0 Å². The van der Waals surface area contributed by atoms with Crippen LogP contribution in [0.25, 0.3) is 0 Å². The Morgan fingerprint density at radius 1 is 1.05 bits per heavy atom. The number of hydrogen-bond donors (Lipinski definition) is 1. The molecule has 3 aliphatic rings. The van der Waals surface area contributed by atoms with Crippen molar-refractivity contribution in [1.82, 2.24) is 0 Å². The highest BCUT2D eigenvalue weighted by Gasteiger charge is 2.62. The van der Waals surface area contributed by atoms with Gasteiger partial charge in [0.15, 0.2) is 0 Å². The number of rotatable bonds is 2. The summed E-state index contributed by atoms with van der Waals surface area (Å²) in [5.74, 6) is -2.21. The first-order valence-electron chi connectivity index (χ1n) is 6.94. The van der Waals surface area contributed by atoms with Crippen LogP contribution in [0.4, 0.5) is 5.69 Å². The topological polar surface area (TPSA) is 83.9 Å². The Bertz CT molecular complexity index is 625. The van der Waals surface area contributed by atoms with Crippen LogP contribution in [-0.2, 0) is 14.3 Å². The molecule has 0 saturated carbocycles. The van der Waals surface area contributed by atoms with E-state index in [2.05, 4.69) is 0 Å². The summed E-state index contributed by atoms with van der Waals surface area (Å²) in [4.78, 5) is 37.1. The van der Waals surface area contributed by atoms with E-state index in [1.165, 1.54) is 29.2 Å². The molecule has 2 amide bonds. The van der Waals surface area contributed by atoms with Crippen molar-refractivity contribution in [3.8, 4) is 0 Å². The standard InChI is InChI=1S/C15H13NO5/c17-13-11-9-5-6-10(21-9)12(11)14(18)16(13)8-3-1-7(2-4-8)15(19)20/h1-4,9-12H,5-6H2,(H,19,20)/t9-,10-,11-,12+/m0/s1. The molecule has 1 N–H and O–H groups in total. The van der Waals surface area contributed by atoms with Crippen molar-refractivity contribution < 1.29 is 24.2 Å². The molecule has 3 heterocycles. The van der Waals surface area contributed by atoms with Crippen LogP contribution in [0.3, 0.4) is 0 Å². The summed E-state index contributed by atoms with van der Waals surface area (Å²) in [6, 6.07) is 5.81. The number of imide groups is 1. The van der Waals surface area contributed by atoms with Crippen LogP contribution in [0.1, 0.15) is 23.2 Å². The zero-order valence-corrected chi connectivity index (χ0v) is 11.1. The molecule has 0 spiro atoms. The second kappa shape index (κ2) is 4.14. The van der Waals surface area contributed by atoms with Gasteiger partial charge in [-0.3, -0.25) is 9.59 Å². The minimum Gasteiger partial charge on any atom is -0.478 e. The number of amides is 2. The Morgan fingerprint density at radius 3 is 2.05 bits per heavy atom. The van der Waals surface area contributed by atoms with Crippen molar-refractivity contribution in [1.29, 1.82) is 0 Å². The Balaban J connectivity index is 1.68. The van der Waals surface area contributed by atoms with Gasteiger partial charge in [-0.25, -0.2) is 9.69 Å². The smallest absolute Gasteiger partial charge is 0.335 e. The van der Waals surface area contributed by atoms with E-state index in [1.807, 2.05) is 0 Å². The van der Waals surface area contributed by atoms with Crippen molar-refractivity contribution in [3.05, 3.63) is 29.8 Å². The number of fused-ring (bicyclic) bond motifs is 5. The van der Waals surface area contributed by atoms with E-state index in [1.54, 1.807) is 0 Å². The number of carbonyl (C=O) groups excluding carboxylic acids is 2. The van der Waals surface area contributed by atoms with Gasteiger partial charge in [0, 0.05) is 0 Å². The lowest BCUT2D eigenvalue weighted by atomic mass is 9.81. The second-order valence-corrected chi connectivity index (χ2v) is 5.71. The number of anilines is 1. The van der Waals surface area contributed by atoms with Crippen molar-refractivity contribution >= 4 is 23.5 Å². The molecule has 4 atom stereocenters. The summed E-state index contributed by atoms with van der Waals surface area (Å²) in [6.07, 6.45) is 1.38. The Labute approximate surface area is 120 Å². The van der Waals surface area contributed by atoms with Gasteiger partial charge >= 0.3 is 5.97 Å². The third-order valence-electron chi connectivity index (χ3n) is 4.66. The number of benzene rings is 1. The average Bonchev–Trinajstić information content (AvgIpc) is 3.13. The number of carbonyl (C=O) groups is 3. The number of carboxylic acids is 1. The molecule has 2 bridgehead atoms. The molecule has 3 fully saturated rings. The lowest BCUT2D eigenvalue weighted by molar-refractivity contribution is -0.124. The first-order valence-corrected chi connectivity index (χ1v) is 6.94. The van der Waals surface area contributed by atoms with Crippen molar-refractivity contribution in [3.63, 3.8) is 0 Å². The monoisotopic (exact) mass is 287 g/mol. The molecule has 0 aliphatic carbocycles. The molecule has 21 heavy (non-hydrogen) atoms. The maximum absolute atomic E-state index is 12.5. The quantitative estimate of drug-likeness (QED) is 0.822. The van der Waals surface area contributed by atoms with E-state index in [-0.39, 0.29) is 41.4 Å². The molecular weight excluding hydrogens is 274 g/mol. The molecular formula is C15H13NO5. The molecule has 6 nitrogen and oxygen atoms in total. The largest absolute Gasteiger partial charge is 0.478 e. The van der Waals surface area contributed by atoms with Crippen LogP contribution in [0.5, 0.6) is 0 Å². The normalized spacial score (nSPS) is 33.6. The highest BCUT2D eigenvalue weighted by atomic mass is 16.5. The Morgan fingerprint density at radius 2 is 1.57 bits per heavy atom. The fourth-order valence-electron chi connectivity index (χ4n) is 3.72. The summed E-state index contributed by atoms with van der Waals surface area (Å²) in [5.41, 5.74) is 0.560. The van der Waals surface area contributed by atoms with Crippen molar-refractivity contribution in [2.45, 2.75) is 25.0 Å². The van der Waals surface area contributed by atoms with E-state index in [0.717, 1.165) is 12.8 Å². The van der Waals surface area contributed by atoms with Gasteiger partial charge in [-0.2, -0.15) is 0 Å². The van der Waals surface area contributed by atoms with Crippen LogP contribution in [-0.4, -0.2) is 35.1 Å².